The maximum absolute atomic E-state index is 12.2. The van der Waals surface area contributed by atoms with Crippen molar-refractivity contribution in [1.29, 1.82) is 0 Å². The van der Waals surface area contributed by atoms with Crippen molar-refractivity contribution < 1.29 is 13.5 Å². The summed E-state index contributed by atoms with van der Waals surface area (Å²) in [4.78, 5) is 1.09. The summed E-state index contributed by atoms with van der Waals surface area (Å²) in [5.41, 5.74) is 0.699. The molecule has 19 heavy (non-hydrogen) atoms. The molecule has 0 bridgehead atoms. The number of benzene rings is 1. The third kappa shape index (κ3) is 4.45. The van der Waals surface area contributed by atoms with Crippen LogP contribution in [0.4, 0.5) is 8.78 Å². The van der Waals surface area contributed by atoms with Gasteiger partial charge in [0.05, 0.1) is 5.02 Å². The highest BCUT2D eigenvalue weighted by atomic mass is 35.5. The summed E-state index contributed by atoms with van der Waals surface area (Å²) < 4.78 is 28.9. The summed E-state index contributed by atoms with van der Waals surface area (Å²) in [7, 11) is 0. The second kappa shape index (κ2) is 6.84. The van der Waals surface area contributed by atoms with E-state index in [1.807, 2.05) is 11.4 Å². The molecule has 0 fully saturated rings. The molecular formula is C13H12ClF2NOS. The fourth-order valence-electron chi connectivity index (χ4n) is 1.63. The molecule has 1 heterocycles. The number of rotatable bonds is 6. The molecule has 102 valence electrons. The largest absolute Gasteiger partial charge is 0.434 e. The third-order valence-electron chi connectivity index (χ3n) is 2.43. The van der Waals surface area contributed by atoms with E-state index < -0.39 is 6.61 Å². The van der Waals surface area contributed by atoms with Gasteiger partial charge in [0, 0.05) is 28.9 Å². The molecule has 0 atom stereocenters. The second-order valence-corrected chi connectivity index (χ2v) is 5.25. The predicted octanol–water partition coefficient (Wildman–Crippen LogP) is 4.29. The zero-order chi connectivity index (χ0) is 13.7. The number of para-hydroxylation sites is 1. The summed E-state index contributed by atoms with van der Waals surface area (Å²) in [6.07, 6.45) is 0. The first kappa shape index (κ1) is 14.2. The lowest BCUT2D eigenvalue weighted by Gasteiger charge is -2.10. The van der Waals surface area contributed by atoms with Gasteiger partial charge in [-0.05, 0) is 12.1 Å². The molecule has 0 spiro atoms. The highest BCUT2D eigenvalue weighted by Gasteiger charge is 2.08. The number of alkyl halides is 2. The Balaban J connectivity index is 1.92. The molecule has 0 aliphatic heterocycles. The van der Waals surface area contributed by atoms with Crippen LogP contribution in [0.5, 0.6) is 5.75 Å². The molecule has 2 aromatic rings. The molecule has 0 saturated heterocycles. The van der Waals surface area contributed by atoms with E-state index in [9.17, 15) is 8.78 Å². The molecule has 1 aromatic carbocycles. The summed E-state index contributed by atoms with van der Waals surface area (Å²) in [6, 6.07) is 8.62. The summed E-state index contributed by atoms with van der Waals surface area (Å²) in [6.45, 7) is -1.71. The van der Waals surface area contributed by atoms with Crippen LogP contribution in [0.25, 0.3) is 0 Å². The summed E-state index contributed by atoms with van der Waals surface area (Å²) >= 11 is 7.37. The standard InChI is InChI=1S/C13H12ClF2NOS/c14-10-5-11(19-8-10)7-17-6-9-3-1-2-4-12(9)18-13(15)16/h1-5,8,13,17H,6-7H2. The van der Waals surface area contributed by atoms with E-state index in [-0.39, 0.29) is 5.75 Å². The molecule has 1 aromatic heterocycles. The van der Waals surface area contributed by atoms with E-state index in [1.54, 1.807) is 29.5 Å². The fourth-order valence-corrected chi connectivity index (χ4v) is 2.67. The zero-order valence-corrected chi connectivity index (χ0v) is 11.5. The van der Waals surface area contributed by atoms with Crippen LogP contribution in [0.1, 0.15) is 10.4 Å². The minimum atomic E-state index is -2.81. The number of halogens is 3. The van der Waals surface area contributed by atoms with Crippen LogP contribution in [-0.4, -0.2) is 6.61 Å². The average Bonchev–Trinajstić information content (AvgIpc) is 2.77. The maximum Gasteiger partial charge on any atom is 0.387 e. The highest BCUT2D eigenvalue weighted by molar-refractivity contribution is 7.10. The molecular weight excluding hydrogens is 292 g/mol. The number of hydrogen-bond acceptors (Lipinski definition) is 3. The van der Waals surface area contributed by atoms with Gasteiger partial charge >= 0.3 is 6.61 Å². The first-order valence-corrected chi connectivity index (χ1v) is 6.87. The molecule has 0 unspecified atom stereocenters. The van der Waals surface area contributed by atoms with Gasteiger partial charge in [-0.2, -0.15) is 8.78 Å². The van der Waals surface area contributed by atoms with Crippen molar-refractivity contribution in [3.8, 4) is 5.75 Å². The van der Waals surface area contributed by atoms with Crippen molar-refractivity contribution in [1.82, 2.24) is 5.32 Å². The van der Waals surface area contributed by atoms with Gasteiger partial charge in [0.25, 0.3) is 0 Å². The Labute approximate surface area is 119 Å². The molecule has 2 rings (SSSR count). The van der Waals surface area contributed by atoms with Crippen LogP contribution in [0.15, 0.2) is 35.7 Å². The minimum absolute atomic E-state index is 0.203. The maximum atomic E-state index is 12.2. The molecule has 0 amide bonds. The monoisotopic (exact) mass is 303 g/mol. The van der Waals surface area contributed by atoms with E-state index in [1.165, 1.54) is 6.07 Å². The fraction of sp³-hybridized carbons (Fsp3) is 0.231. The Hall–Kier alpha value is -1.17. The third-order valence-corrected chi connectivity index (χ3v) is 3.71. The van der Waals surface area contributed by atoms with Gasteiger partial charge in [0.15, 0.2) is 0 Å². The van der Waals surface area contributed by atoms with Crippen LogP contribution < -0.4 is 10.1 Å². The van der Waals surface area contributed by atoms with Gasteiger partial charge in [0.1, 0.15) is 5.75 Å². The SMILES string of the molecule is FC(F)Oc1ccccc1CNCc1cc(Cl)cs1. The first-order valence-electron chi connectivity index (χ1n) is 5.61. The number of hydrogen-bond donors (Lipinski definition) is 1. The Morgan fingerprint density at radius 3 is 2.74 bits per heavy atom. The summed E-state index contributed by atoms with van der Waals surface area (Å²) in [5.74, 6) is 0.203. The van der Waals surface area contributed by atoms with Gasteiger partial charge in [-0.1, -0.05) is 29.8 Å². The van der Waals surface area contributed by atoms with Crippen molar-refractivity contribution in [2.75, 3.05) is 0 Å². The van der Waals surface area contributed by atoms with Gasteiger partial charge in [-0.3, -0.25) is 0 Å². The number of nitrogens with one attached hydrogen (secondary N) is 1. The summed E-state index contributed by atoms with van der Waals surface area (Å²) in [5, 5.41) is 5.74. The minimum Gasteiger partial charge on any atom is -0.434 e. The van der Waals surface area contributed by atoms with Crippen LogP contribution in [0, 0.1) is 0 Å². The topological polar surface area (TPSA) is 21.3 Å². The van der Waals surface area contributed by atoms with Crippen molar-refractivity contribution >= 4 is 22.9 Å². The van der Waals surface area contributed by atoms with Gasteiger partial charge in [-0.15, -0.1) is 11.3 Å². The molecule has 0 aliphatic rings. The van der Waals surface area contributed by atoms with Crippen molar-refractivity contribution in [2.45, 2.75) is 19.7 Å². The van der Waals surface area contributed by atoms with Gasteiger partial charge in [-0.25, -0.2) is 0 Å². The van der Waals surface area contributed by atoms with E-state index >= 15 is 0 Å². The van der Waals surface area contributed by atoms with Crippen LogP contribution in [-0.2, 0) is 13.1 Å². The Morgan fingerprint density at radius 1 is 1.26 bits per heavy atom. The smallest absolute Gasteiger partial charge is 0.387 e. The lowest BCUT2D eigenvalue weighted by atomic mass is 10.2. The van der Waals surface area contributed by atoms with Crippen LogP contribution >= 0.6 is 22.9 Å². The van der Waals surface area contributed by atoms with E-state index in [0.717, 1.165) is 4.88 Å². The first-order chi connectivity index (χ1) is 9.15. The molecule has 2 nitrogen and oxygen atoms in total. The molecule has 6 heteroatoms. The second-order valence-electron chi connectivity index (χ2n) is 3.82. The molecule has 0 saturated carbocycles. The van der Waals surface area contributed by atoms with Crippen molar-refractivity contribution in [2.24, 2.45) is 0 Å². The van der Waals surface area contributed by atoms with Gasteiger partial charge < -0.3 is 10.1 Å². The zero-order valence-electron chi connectivity index (χ0n) is 9.91. The van der Waals surface area contributed by atoms with E-state index in [2.05, 4.69) is 10.1 Å². The molecule has 0 aliphatic carbocycles. The quantitative estimate of drug-likeness (QED) is 0.859. The van der Waals surface area contributed by atoms with E-state index in [4.69, 9.17) is 11.6 Å². The lowest BCUT2D eigenvalue weighted by molar-refractivity contribution is -0.0505. The lowest BCUT2D eigenvalue weighted by Crippen LogP contribution is -2.13. The normalized spacial score (nSPS) is 10.9. The van der Waals surface area contributed by atoms with Crippen molar-refractivity contribution in [3.63, 3.8) is 0 Å². The van der Waals surface area contributed by atoms with Crippen molar-refractivity contribution in [3.05, 3.63) is 51.2 Å². The highest BCUT2D eigenvalue weighted by Crippen LogP contribution is 2.21. The van der Waals surface area contributed by atoms with E-state index in [0.29, 0.717) is 23.7 Å². The predicted molar refractivity (Wildman–Crippen MR) is 72.9 cm³/mol. The Kier molecular flexibility index (Phi) is 5.13. The Bertz CT molecular complexity index is 533. The Morgan fingerprint density at radius 2 is 2.05 bits per heavy atom. The molecule has 1 N–H and O–H groups in total. The number of thiophene rings is 1. The van der Waals surface area contributed by atoms with Crippen LogP contribution in [0.3, 0.4) is 0 Å². The average molecular weight is 304 g/mol. The van der Waals surface area contributed by atoms with Crippen LogP contribution in [0.2, 0.25) is 5.02 Å². The molecule has 0 radical (unpaired) electrons. The van der Waals surface area contributed by atoms with Gasteiger partial charge in [0.2, 0.25) is 0 Å². The number of ether oxygens (including phenoxy) is 1.